The van der Waals surface area contributed by atoms with E-state index in [1.54, 1.807) is 11.3 Å². The lowest BCUT2D eigenvalue weighted by molar-refractivity contribution is 0.702. The van der Waals surface area contributed by atoms with Crippen molar-refractivity contribution < 1.29 is 0 Å². The summed E-state index contributed by atoms with van der Waals surface area (Å²) in [6.45, 7) is 8.38. The molecule has 5 heteroatoms. The number of hydrogen-bond acceptors (Lipinski definition) is 5. The average Bonchev–Trinajstić information content (AvgIpc) is 2.90. The maximum absolute atomic E-state index is 4.73. The highest BCUT2D eigenvalue weighted by Crippen LogP contribution is 2.32. The maximum Gasteiger partial charge on any atom is 0.226 e. The molecule has 0 aromatic carbocycles. The van der Waals surface area contributed by atoms with E-state index >= 15 is 0 Å². The summed E-state index contributed by atoms with van der Waals surface area (Å²) in [4.78, 5) is 14.1. The summed E-state index contributed by atoms with van der Waals surface area (Å²) >= 11 is 1.78. The Balaban J connectivity index is 2.35. The number of hydrogen-bond donors (Lipinski definition) is 1. The van der Waals surface area contributed by atoms with E-state index in [4.69, 9.17) is 4.98 Å². The molecule has 2 rings (SSSR count). The summed E-state index contributed by atoms with van der Waals surface area (Å²) in [5.74, 6) is 1.80. The molecule has 0 radical (unpaired) electrons. The van der Waals surface area contributed by atoms with Gasteiger partial charge in [0.25, 0.3) is 0 Å². The Labute approximate surface area is 131 Å². The number of nitrogens with zero attached hydrogens (tertiary/aromatic N) is 3. The number of aromatic nitrogens is 2. The standard InChI is InChI=1S/C16H26N4S/c1-5-8-9-10-20(4)14-13-11-12(6-2)21-15(13)19-16(18-14)17-7-3/h11H,5-10H2,1-4H3,(H,17,18,19). The van der Waals surface area contributed by atoms with Gasteiger partial charge < -0.3 is 10.2 Å². The van der Waals surface area contributed by atoms with E-state index in [2.05, 4.69) is 49.1 Å². The van der Waals surface area contributed by atoms with E-state index in [1.807, 2.05) is 0 Å². The zero-order valence-corrected chi connectivity index (χ0v) is 14.4. The number of nitrogens with one attached hydrogen (secondary N) is 1. The Morgan fingerprint density at radius 1 is 1.19 bits per heavy atom. The van der Waals surface area contributed by atoms with Gasteiger partial charge in [0, 0.05) is 25.0 Å². The fourth-order valence-corrected chi connectivity index (χ4v) is 3.33. The first kappa shape index (κ1) is 16.0. The lowest BCUT2D eigenvalue weighted by Gasteiger charge is -2.19. The second kappa shape index (κ2) is 7.59. The Morgan fingerprint density at radius 2 is 2.00 bits per heavy atom. The van der Waals surface area contributed by atoms with E-state index in [0.29, 0.717) is 0 Å². The number of thiophene rings is 1. The molecule has 0 aliphatic rings. The highest BCUT2D eigenvalue weighted by molar-refractivity contribution is 7.18. The molecule has 0 spiro atoms. The Bertz CT molecular complexity index is 579. The molecular weight excluding hydrogens is 280 g/mol. The summed E-state index contributed by atoms with van der Waals surface area (Å²) in [6, 6.07) is 2.25. The van der Waals surface area contributed by atoms with E-state index in [0.717, 1.165) is 36.1 Å². The lowest BCUT2D eigenvalue weighted by atomic mass is 10.2. The molecule has 1 N–H and O–H groups in total. The van der Waals surface area contributed by atoms with Crippen molar-refractivity contribution >= 4 is 33.3 Å². The molecule has 0 bridgehead atoms. The third-order valence-electron chi connectivity index (χ3n) is 3.57. The van der Waals surface area contributed by atoms with Gasteiger partial charge in [-0.05, 0) is 25.8 Å². The summed E-state index contributed by atoms with van der Waals surface area (Å²) < 4.78 is 0. The van der Waals surface area contributed by atoms with Crippen LogP contribution >= 0.6 is 11.3 Å². The summed E-state index contributed by atoms with van der Waals surface area (Å²) in [5.41, 5.74) is 0. The van der Waals surface area contributed by atoms with Crippen LogP contribution in [0.25, 0.3) is 10.2 Å². The summed E-state index contributed by atoms with van der Waals surface area (Å²) in [6.07, 6.45) is 4.77. The SMILES string of the molecule is CCCCCN(C)c1nc(NCC)nc2sc(CC)cc12. The quantitative estimate of drug-likeness (QED) is 0.738. The van der Waals surface area contributed by atoms with Crippen LogP contribution in [0.3, 0.4) is 0 Å². The Hall–Kier alpha value is -1.36. The van der Waals surface area contributed by atoms with Crippen LogP contribution in [-0.2, 0) is 6.42 Å². The van der Waals surface area contributed by atoms with E-state index < -0.39 is 0 Å². The van der Waals surface area contributed by atoms with Crippen LogP contribution in [0.5, 0.6) is 0 Å². The van der Waals surface area contributed by atoms with Gasteiger partial charge in [0.1, 0.15) is 10.6 Å². The number of unbranched alkanes of at least 4 members (excludes halogenated alkanes) is 2. The first-order valence-corrected chi connectivity index (χ1v) is 8.76. The van der Waals surface area contributed by atoms with Gasteiger partial charge >= 0.3 is 0 Å². The Morgan fingerprint density at radius 3 is 2.67 bits per heavy atom. The maximum atomic E-state index is 4.73. The second-order valence-electron chi connectivity index (χ2n) is 5.31. The van der Waals surface area contributed by atoms with Crippen LogP contribution < -0.4 is 10.2 Å². The van der Waals surface area contributed by atoms with Crippen LogP contribution in [0.1, 0.15) is 44.9 Å². The molecule has 2 heterocycles. The molecule has 2 aromatic heterocycles. The predicted molar refractivity (Wildman–Crippen MR) is 93.8 cm³/mol. The number of rotatable bonds is 8. The van der Waals surface area contributed by atoms with E-state index in [1.165, 1.54) is 29.5 Å². The normalized spacial score (nSPS) is 11.0. The minimum absolute atomic E-state index is 0.742. The second-order valence-corrected chi connectivity index (χ2v) is 6.43. The first-order valence-electron chi connectivity index (χ1n) is 7.95. The molecule has 2 aromatic rings. The largest absolute Gasteiger partial charge is 0.359 e. The molecule has 0 atom stereocenters. The minimum atomic E-state index is 0.742. The number of fused-ring (bicyclic) bond motifs is 1. The number of aryl methyl sites for hydroxylation is 1. The predicted octanol–water partition coefficient (Wildman–Crippen LogP) is 4.31. The van der Waals surface area contributed by atoms with Crippen molar-refractivity contribution in [3.05, 3.63) is 10.9 Å². The molecule has 0 unspecified atom stereocenters. The van der Waals surface area contributed by atoms with Crippen LogP contribution in [-0.4, -0.2) is 30.1 Å². The van der Waals surface area contributed by atoms with Gasteiger partial charge in [-0.1, -0.05) is 26.7 Å². The van der Waals surface area contributed by atoms with Crippen LogP contribution in [0.2, 0.25) is 0 Å². The van der Waals surface area contributed by atoms with E-state index in [-0.39, 0.29) is 0 Å². The smallest absolute Gasteiger partial charge is 0.226 e. The fourth-order valence-electron chi connectivity index (χ4n) is 2.36. The Kier molecular flexibility index (Phi) is 5.79. The molecule has 0 fully saturated rings. The molecule has 0 amide bonds. The third kappa shape index (κ3) is 3.84. The van der Waals surface area contributed by atoms with Gasteiger partial charge in [-0.25, -0.2) is 4.98 Å². The third-order valence-corrected chi connectivity index (χ3v) is 4.74. The van der Waals surface area contributed by atoms with Crippen molar-refractivity contribution in [1.29, 1.82) is 0 Å². The lowest BCUT2D eigenvalue weighted by Crippen LogP contribution is -2.20. The van der Waals surface area contributed by atoms with Crippen LogP contribution in [0.15, 0.2) is 6.07 Å². The zero-order chi connectivity index (χ0) is 15.2. The summed E-state index contributed by atoms with van der Waals surface area (Å²) in [5, 5.41) is 4.44. The molecule has 21 heavy (non-hydrogen) atoms. The topological polar surface area (TPSA) is 41.1 Å². The van der Waals surface area contributed by atoms with Gasteiger partial charge in [0.15, 0.2) is 0 Å². The van der Waals surface area contributed by atoms with Gasteiger partial charge in [-0.3, -0.25) is 0 Å². The van der Waals surface area contributed by atoms with Crippen molar-refractivity contribution in [2.24, 2.45) is 0 Å². The highest BCUT2D eigenvalue weighted by atomic mass is 32.1. The zero-order valence-electron chi connectivity index (χ0n) is 13.6. The molecule has 0 saturated carbocycles. The summed E-state index contributed by atoms with van der Waals surface area (Å²) in [7, 11) is 2.14. The molecule has 0 saturated heterocycles. The highest BCUT2D eigenvalue weighted by Gasteiger charge is 2.14. The first-order chi connectivity index (χ1) is 10.2. The van der Waals surface area contributed by atoms with E-state index in [9.17, 15) is 0 Å². The molecule has 4 nitrogen and oxygen atoms in total. The van der Waals surface area contributed by atoms with Crippen molar-refractivity contribution in [2.75, 3.05) is 30.4 Å². The van der Waals surface area contributed by atoms with Gasteiger partial charge in [0.2, 0.25) is 5.95 Å². The van der Waals surface area contributed by atoms with Gasteiger partial charge in [0.05, 0.1) is 5.39 Å². The van der Waals surface area contributed by atoms with Crippen molar-refractivity contribution in [3.8, 4) is 0 Å². The van der Waals surface area contributed by atoms with Crippen molar-refractivity contribution in [3.63, 3.8) is 0 Å². The molecule has 116 valence electrons. The molecule has 0 aliphatic heterocycles. The number of anilines is 2. The minimum Gasteiger partial charge on any atom is -0.359 e. The molecular formula is C16H26N4S. The van der Waals surface area contributed by atoms with Crippen LogP contribution in [0.4, 0.5) is 11.8 Å². The average molecular weight is 306 g/mol. The fraction of sp³-hybridized carbons (Fsp3) is 0.625. The van der Waals surface area contributed by atoms with Gasteiger partial charge in [-0.2, -0.15) is 4.98 Å². The molecule has 0 aliphatic carbocycles. The monoisotopic (exact) mass is 306 g/mol. The van der Waals surface area contributed by atoms with Crippen molar-refractivity contribution in [2.45, 2.75) is 46.5 Å². The van der Waals surface area contributed by atoms with Gasteiger partial charge in [-0.15, -0.1) is 11.3 Å². The van der Waals surface area contributed by atoms with Crippen molar-refractivity contribution in [1.82, 2.24) is 9.97 Å². The van der Waals surface area contributed by atoms with Crippen LogP contribution in [0, 0.1) is 0 Å².